The van der Waals surface area contributed by atoms with Crippen LogP contribution in [-0.2, 0) is 4.79 Å². The first-order chi connectivity index (χ1) is 14.9. The first-order valence-electron chi connectivity index (χ1n) is 8.88. The number of carbonyl (C=O) groups excluding carboxylic acids is 1. The SMILES string of the molecule is COc1ccc(Cl)cc1NC(=O)C(C)Sc1nc(N)c(C#N)c(-c2ccco2)c1C#N. The second-order valence-corrected chi connectivity index (χ2v) is 7.99. The molecule has 0 aliphatic heterocycles. The molecule has 0 saturated heterocycles. The molecule has 8 nitrogen and oxygen atoms in total. The molecular formula is C21H16ClN5O3S. The molecule has 1 unspecified atom stereocenters. The Bertz CT molecular complexity index is 1220. The Kier molecular flexibility index (Phi) is 6.71. The highest BCUT2D eigenvalue weighted by molar-refractivity contribution is 8.00. The number of nitrogen functional groups attached to an aromatic ring is 1. The van der Waals surface area contributed by atoms with Crippen LogP contribution in [-0.4, -0.2) is 23.3 Å². The summed E-state index contributed by atoms with van der Waals surface area (Å²) in [5.74, 6) is 0.344. The third-order valence-corrected chi connectivity index (χ3v) is 5.58. The minimum Gasteiger partial charge on any atom is -0.495 e. The molecule has 1 aromatic carbocycles. The number of aromatic nitrogens is 1. The zero-order valence-corrected chi connectivity index (χ0v) is 18.0. The number of rotatable bonds is 6. The predicted molar refractivity (Wildman–Crippen MR) is 118 cm³/mol. The maximum Gasteiger partial charge on any atom is 0.237 e. The van der Waals surface area contributed by atoms with Gasteiger partial charge in [0.25, 0.3) is 0 Å². The summed E-state index contributed by atoms with van der Waals surface area (Å²) < 4.78 is 10.6. The lowest BCUT2D eigenvalue weighted by molar-refractivity contribution is -0.115. The molecule has 156 valence electrons. The van der Waals surface area contributed by atoms with Gasteiger partial charge in [0.05, 0.1) is 35.4 Å². The second kappa shape index (κ2) is 9.43. The van der Waals surface area contributed by atoms with E-state index < -0.39 is 5.25 Å². The van der Waals surface area contributed by atoms with E-state index in [-0.39, 0.29) is 33.4 Å². The molecule has 10 heteroatoms. The largest absolute Gasteiger partial charge is 0.495 e. The van der Waals surface area contributed by atoms with Gasteiger partial charge in [0.15, 0.2) is 0 Å². The number of nitrogens with zero attached hydrogens (tertiary/aromatic N) is 3. The number of amides is 1. The molecule has 1 atom stereocenters. The van der Waals surface area contributed by atoms with Crippen molar-refractivity contribution in [3.8, 4) is 29.2 Å². The van der Waals surface area contributed by atoms with Crippen LogP contribution in [0.3, 0.4) is 0 Å². The van der Waals surface area contributed by atoms with Crippen molar-refractivity contribution in [2.24, 2.45) is 0 Å². The number of pyridine rings is 1. The molecule has 3 N–H and O–H groups in total. The van der Waals surface area contributed by atoms with Crippen molar-refractivity contribution in [1.82, 2.24) is 4.98 Å². The van der Waals surface area contributed by atoms with E-state index in [2.05, 4.69) is 16.4 Å². The van der Waals surface area contributed by atoms with Crippen LogP contribution in [0.25, 0.3) is 11.3 Å². The Hall–Kier alpha value is -3.66. The number of hydrogen-bond acceptors (Lipinski definition) is 8. The molecule has 3 aromatic rings. The lowest BCUT2D eigenvalue weighted by Gasteiger charge is -2.16. The molecule has 0 bridgehead atoms. The van der Waals surface area contributed by atoms with Crippen molar-refractivity contribution in [3.63, 3.8) is 0 Å². The van der Waals surface area contributed by atoms with Crippen LogP contribution in [0.5, 0.6) is 5.75 Å². The molecule has 0 saturated carbocycles. The zero-order chi connectivity index (χ0) is 22.5. The van der Waals surface area contributed by atoms with Gasteiger partial charge < -0.3 is 20.2 Å². The third kappa shape index (κ3) is 4.58. The minimum absolute atomic E-state index is 0.0385. The number of nitrogens with one attached hydrogen (secondary N) is 1. The molecule has 2 heterocycles. The average molecular weight is 454 g/mol. The van der Waals surface area contributed by atoms with Gasteiger partial charge in [-0.25, -0.2) is 4.98 Å². The fraction of sp³-hybridized carbons (Fsp3) is 0.143. The van der Waals surface area contributed by atoms with Crippen LogP contribution in [0.15, 0.2) is 46.0 Å². The molecular weight excluding hydrogens is 438 g/mol. The maximum atomic E-state index is 12.8. The van der Waals surface area contributed by atoms with Crippen LogP contribution < -0.4 is 15.8 Å². The lowest BCUT2D eigenvalue weighted by Crippen LogP contribution is -2.23. The van der Waals surface area contributed by atoms with Crippen LogP contribution in [0, 0.1) is 22.7 Å². The van der Waals surface area contributed by atoms with Gasteiger partial charge in [-0.1, -0.05) is 23.4 Å². The van der Waals surface area contributed by atoms with Gasteiger partial charge in [-0.15, -0.1) is 0 Å². The Balaban J connectivity index is 1.94. The van der Waals surface area contributed by atoms with E-state index in [0.29, 0.717) is 22.2 Å². The monoisotopic (exact) mass is 453 g/mol. The van der Waals surface area contributed by atoms with Gasteiger partial charge in [-0.05, 0) is 37.3 Å². The number of ether oxygens (including phenoxy) is 1. The number of furan rings is 1. The van der Waals surface area contributed by atoms with Gasteiger partial charge >= 0.3 is 0 Å². The summed E-state index contributed by atoms with van der Waals surface area (Å²) in [5, 5.41) is 22.0. The quantitative estimate of drug-likeness (QED) is 0.522. The number of methoxy groups -OCH3 is 1. The summed E-state index contributed by atoms with van der Waals surface area (Å²) >= 11 is 7.05. The first kappa shape index (κ1) is 22.0. The lowest BCUT2D eigenvalue weighted by atomic mass is 10.0. The molecule has 2 aromatic heterocycles. The summed E-state index contributed by atoms with van der Waals surface area (Å²) in [5.41, 5.74) is 6.76. The van der Waals surface area contributed by atoms with Crippen LogP contribution >= 0.6 is 23.4 Å². The highest BCUT2D eigenvalue weighted by Crippen LogP contribution is 2.37. The fourth-order valence-electron chi connectivity index (χ4n) is 2.78. The standard InChI is InChI=1S/C21H16ClN5O3S/c1-11(20(28)26-15-8-12(22)5-6-16(15)29-2)31-21-14(10-24)18(17-4-3-7-30-17)13(9-23)19(25)27-21/h3-8,11H,1-2H3,(H2,25,27)(H,26,28). The summed E-state index contributed by atoms with van der Waals surface area (Å²) in [6.07, 6.45) is 1.43. The minimum atomic E-state index is -0.667. The highest BCUT2D eigenvalue weighted by Gasteiger charge is 2.25. The van der Waals surface area contributed by atoms with Gasteiger partial charge in [-0.2, -0.15) is 10.5 Å². The average Bonchev–Trinajstić information content (AvgIpc) is 3.28. The van der Waals surface area contributed by atoms with Crippen LogP contribution in [0.2, 0.25) is 5.02 Å². The number of nitrogens with two attached hydrogens (primary N) is 1. The topological polar surface area (TPSA) is 138 Å². The zero-order valence-electron chi connectivity index (χ0n) is 16.5. The number of halogens is 1. The van der Waals surface area contributed by atoms with Crippen LogP contribution in [0.1, 0.15) is 18.1 Å². The maximum absolute atomic E-state index is 12.8. The Morgan fingerprint density at radius 3 is 2.68 bits per heavy atom. The summed E-state index contributed by atoms with van der Waals surface area (Å²) in [4.78, 5) is 17.0. The predicted octanol–water partition coefficient (Wildman–Crippen LogP) is 4.45. The van der Waals surface area contributed by atoms with Crippen molar-refractivity contribution in [3.05, 3.63) is 52.7 Å². The number of carbonyl (C=O) groups is 1. The number of hydrogen-bond donors (Lipinski definition) is 2. The van der Waals surface area contributed by atoms with Crippen molar-refractivity contribution in [2.75, 3.05) is 18.2 Å². The van der Waals surface area contributed by atoms with Gasteiger partial charge in [-0.3, -0.25) is 4.79 Å². The van der Waals surface area contributed by atoms with Gasteiger partial charge in [0, 0.05) is 5.02 Å². The fourth-order valence-corrected chi connectivity index (χ4v) is 3.87. The summed E-state index contributed by atoms with van der Waals surface area (Å²) in [6, 6.07) is 12.1. The first-order valence-corrected chi connectivity index (χ1v) is 10.1. The number of benzene rings is 1. The van der Waals surface area contributed by atoms with E-state index in [1.807, 2.05) is 6.07 Å². The summed E-state index contributed by atoms with van der Waals surface area (Å²) in [6.45, 7) is 1.65. The molecule has 0 radical (unpaired) electrons. The molecule has 0 spiro atoms. The van der Waals surface area contributed by atoms with Crippen molar-refractivity contribution in [2.45, 2.75) is 17.2 Å². The highest BCUT2D eigenvalue weighted by atomic mass is 35.5. The van der Waals surface area contributed by atoms with Crippen molar-refractivity contribution < 1.29 is 13.9 Å². The van der Waals surface area contributed by atoms with E-state index in [9.17, 15) is 15.3 Å². The second-order valence-electron chi connectivity index (χ2n) is 6.22. The molecule has 31 heavy (non-hydrogen) atoms. The smallest absolute Gasteiger partial charge is 0.237 e. The van der Waals surface area contributed by atoms with Gasteiger partial charge in [0.2, 0.25) is 5.91 Å². The molecule has 0 fully saturated rings. The normalized spacial score (nSPS) is 11.3. The number of anilines is 2. The van der Waals surface area contributed by atoms with E-state index in [1.54, 1.807) is 37.3 Å². The Morgan fingerprint density at radius 1 is 1.32 bits per heavy atom. The third-order valence-electron chi connectivity index (χ3n) is 4.26. The molecule has 0 aliphatic rings. The van der Waals surface area contributed by atoms with Crippen molar-refractivity contribution in [1.29, 1.82) is 10.5 Å². The van der Waals surface area contributed by atoms with E-state index in [0.717, 1.165) is 11.8 Å². The molecule has 0 aliphatic carbocycles. The van der Waals surface area contributed by atoms with E-state index >= 15 is 0 Å². The molecule has 1 amide bonds. The van der Waals surface area contributed by atoms with Crippen LogP contribution in [0.4, 0.5) is 11.5 Å². The number of nitriles is 2. The Labute approximate surface area is 187 Å². The molecule has 3 rings (SSSR count). The van der Waals surface area contributed by atoms with E-state index in [4.69, 9.17) is 26.5 Å². The summed E-state index contributed by atoms with van der Waals surface area (Å²) in [7, 11) is 1.48. The Morgan fingerprint density at radius 2 is 2.06 bits per heavy atom. The van der Waals surface area contributed by atoms with E-state index in [1.165, 1.54) is 13.4 Å². The number of thioether (sulfide) groups is 1. The van der Waals surface area contributed by atoms with Crippen molar-refractivity contribution >= 4 is 40.8 Å². The van der Waals surface area contributed by atoms with Gasteiger partial charge in [0.1, 0.15) is 40.1 Å².